The molecule has 4 heteroatoms. The van der Waals surface area contributed by atoms with Gasteiger partial charge in [-0.15, -0.1) is 0 Å². The molecule has 3 nitrogen and oxygen atoms in total. The molecule has 0 aliphatic heterocycles. The molecule has 0 saturated carbocycles. The van der Waals surface area contributed by atoms with Gasteiger partial charge in [-0.3, -0.25) is 4.79 Å². The average Bonchev–Trinajstić information content (AvgIpc) is 2.44. The number of halogens is 1. The summed E-state index contributed by atoms with van der Waals surface area (Å²) in [4.78, 5) is 18.1. The molecule has 0 fully saturated rings. The summed E-state index contributed by atoms with van der Waals surface area (Å²) in [6, 6.07) is 4.36. The number of aromatic nitrogens is 2. The molecule has 100 valence electrons. The molecule has 0 aliphatic carbocycles. The SMILES string of the molecule is CC.CC.CCc1nc2c(F)cccc2c(=O)[nH]1. The number of aryl methyl sites for hydroxylation is 1. The summed E-state index contributed by atoms with van der Waals surface area (Å²) in [5, 5.41) is 0.294. The third kappa shape index (κ3) is 3.65. The first kappa shape index (κ1) is 16.3. The highest BCUT2D eigenvalue weighted by Crippen LogP contribution is 2.11. The number of hydrogen-bond donors (Lipinski definition) is 1. The van der Waals surface area contributed by atoms with E-state index in [2.05, 4.69) is 9.97 Å². The monoisotopic (exact) mass is 252 g/mol. The van der Waals surface area contributed by atoms with Gasteiger partial charge in [-0.25, -0.2) is 9.37 Å². The summed E-state index contributed by atoms with van der Waals surface area (Å²) < 4.78 is 13.3. The van der Waals surface area contributed by atoms with Gasteiger partial charge in [0.05, 0.1) is 5.39 Å². The minimum absolute atomic E-state index is 0.146. The van der Waals surface area contributed by atoms with Crippen molar-refractivity contribution >= 4 is 10.9 Å². The molecule has 0 radical (unpaired) electrons. The summed E-state index contributed by atoms with van der Waals surface area (Å²) >= 11 is 0. The maximum atomic E-state index is 13.3. The van der Waals surface area contributed by atoms with E-state index in [1.807, 2.05) is 34.6 Å². The van der Waals surface area contributed by atoms with Crippen molar-refractivity contribution in [2.75, 3.05) is 0 Å². The first-order chi connectivity index (χ1) is 8.72. The van der Waals surface area contributed by atoms with Gasteiger partial charge in [0.2, 0.25) is 0 Å². The topological polar surface area (TPSA) is 45.8 Å². The molecule has 2 rings (SSSR count). The number of H-pyrrole nitrogens is 1. The van der Waals surface area contributed by atoms with Crippen LogP contribution in [0.3, 0.4) is 0 Å². The van der Waals surface area contributed by atoms with E-state index < -0.39 is 5.82 Å². The van der Waals surface area contributed by atoms with Crippen molar-refractivity contribution in [3.63, 3.8) is 0 Å². The standard InChI is InChI=1S/C10H9FN2O.2C2H6/c1-2-8-12-9-6(10(14)13-8)4-3-5-7(9)11;2*1-2/h3-5H,2H2,1H3,(H,12,13,14);2*1-2H3. The lowest BCUT2D eigenvalue weighted by atomic mass is 10.2. The third-order valence-corrected chi connectivity index (χ3v) is 2.07. The predicted octanol–water partition coefficient (Wildman–Crippen LogP) is 3.68. The van der Waals surface area contributed by atoms with Crippen LogP contribution < -0.4 is 5.56 Å². The Labute approximate surface area is 107 Å². The molecule has 0 aliphatic rings. The van der Waals surface area contributed by atoms with Crippen molar-refractivity contribution in [2.45, 2.75) is 41.0 Å². The number of para-hydroxylation sites is 1. The normalized spacial score (nSPS) is 9.00. The van der Waals surface area contributed by atoms with Crippen molar-refractivity contribution in [2.24, 2.45) is 0 Å². The van der Waals surface area contributed by atoms with Crippen LogP contribution in [0.2, 0.25) is 0 Å². The predicted molar refractivity (Wildman–Crippen MR) is 74.4 cm³/mol. The van der Waals surface area contributed by atoms with E-state index in [1.54, 1.807) is 6.07 Å². The van der Waals surface area contributed by atoms with Gasteiger partial charge in [0.15, 0.2) is 0 Å². The van der Waals surface area contributed by atoms with Gasteiger partial charge < -0.3 is 4.98 Å². The first-order valence-electron chi connectivity index (χ1n) is 6.39. The number of aromatic amines is 1. The molecule has 0 saturated heterocycles. The molecule has 0 atom stereocenters. The van der Waals surface area contributed by atoms with E-state index in [9.17, 15) is 9.18 Å². The highest BCUT2D eigenvalue weighted by molar-refractivity contribution is 5.77. The number of benzene rings is 1. The number of nitrogens with zero attached hydrogens (tertiary/aromatic N) is 1. The Kier molecular flexibility index (Phi) is 7.59. The Morgan fingerprint density at radius 3 is 2.39 bits per heavy atom. The van der Waals surface area contributed by atoms with Crippen molar-refractivity contribution < 1.29 is 4.39 Å². The second-order valence-corrected chi connectivity index (χ2v) is 3.00. The molecule has 1 heterocycles. The van der Waals surface area contributed by atoms with Gasteiger partial charge in [0.1, 0.15) is 17.2 Å². The van der Waals surface area contributed by atoms with E-state index in [1.165, 1.54) is 12.1 Å². The molecule has 0 spiro atoms. The Bertz CT molecular complexity index is 535. The number of fused-ring (bicyclic) bond motifs is 1. The van der Waals surface area contributed by atoms with Crippen LogP contribution >= 0.6 is 0 Å². The Balaban J connectivity index is 0.000000659. The molecule has 18 heavy (non-hydrogen) atoms. The van der Waals surface area contributed by atoms with Crippen molar-refractivity contribution in [1.29, 1.82) is 0 Å². The van der Waals surface area contributed by atoms with Crippen LogP contribution in [0.25, 0.3) is 10.9 Å². The van der Waals surface area contributed by atoms with Crippen molar-refractivity contribution in [3.8, 4) is 0 Å². The zero-order valence-electron chi connectivity index (χ0n) is 11.7. The van der Waals surface area contributed by atoms with E-state index in [4.69, 9.17) is 0 Å². The van der Waals surface area contributed by atoms with Gasteiger partial charge in [0.25, 0.3) is 5.56 Å². The van der Waals surface area contributed by atoms with Crippen LogP contribution in [0.15, 0.2) is 23.0 Å². The molecular formula is C14H21FN2O. The van der Waals surface area contributed by atoms with Crippen LogP contribution in [0, 0.1) is 5.82 Å². The fourth-order valence-corrected chi connectivity index (χ4v) is 1.34. The van der Waals surface area contributed by atoms with Gasteiger partial charge in [-0.2, -0.15) is 0 Å². The highest BCUT2D eigenvalue weighted by Gasteiger charge is 2.06. The van der Waals surface area contributed by atoms with Gasteiger partial charge >= 0.3 is 0 Å². The van der Waals surface area contributed by atoms with Crippen LogP contribution in [0.5, 0.6) is 0 Å². The summed E-state index contributed by atoms with van der Waals surface area (Å²) in [5.41, 5.74) is -0.139. The Morgan fingerprint density at radius 2 is 1.83 bits per heavy atom. The number of rotatable bonds is 1. The number of nitrogens with one attached hydrogen (secondary N) is 1. The van der Waals surface area contributed by atoms with Gasteiger partial charge in [-0.05, 0) is 12.1 Å². The number of hydrogen-bond acceptors (Lipinski definition) is 2. The lowest BCUT2D eigenvalue weighted by Gasteiger charge is -2.00. The molecule has 0 unspecified atom stereocenters. The highest BCUT2D eigenvalue weighted by atomic mass is 19.1. The Hall–Kier alpha value is -1.71. The van der Waals surface area contributed by atoms with Crippen LogP contribution in [0.1, 0.15) is 40.4 Å². The van der Waals surface area contributed by atoms with Gasteiger partial charge in [-0.1, -0.05) is 40.7 Å². The molecule has 1 N–H and O–H groups in total. The fraction of sp³-hybridized carbons (Fsp3) is 0.429. The van der Waals surface area contributed by atoms with Crippen LogP contribution in [-0.4, -0.2) is 9.97 Å². The molecule has 1 aromatic heterocycles. The van der Waals surface area contributed by atoms with Crippen LogP contribution in [0.4, 0.5) is 4.39 Å². The van der Waals surface area contributed by atoms with E-state index >= 15 is 0 Å². The maximum absolute atomic E-state index is 13.3. The molecular weight excluding hydrogens is 231 g/mol. The average molecular weight is 252 g/mol. The van der Waals surface area contributed by atoms with Gasteiger partial charge in [0, 0.05) is 6.42 Å². The summed E-state index contributed by atoms with van der Waals surface area (Å²) in [5.74, 6) is 0.0518. The minimum Gasteiger partial charge on any atom is -0.310 e. The van der Waals surface area contributed by atoms with E-state index in [-0.39, 0.29) is 11.1 Å². The molecule has 0 amide bonds. The van der Waals surface area contributed by atoms with Crippen molar-refractivity contribution in [3.05, 3.63) is 40.2 Å². The quantitative estimate of drug-likeness (QED) is 0.841. The lowest BCUT2D eigenvalue weighted by molar-refractivity contribution is 0.635. The summed E-state index contributed by atoms with van der Waals surface area (Å²) in [6.45, 7) is 9.85. The summed E-state index contributed by atoms with van der Waals surface area (Å²) in [7, 11) is 0. The Morgan fingerprint density at radius 1 is 1.22 bits per heavy atom. The first-order valence-corrected chi connectivity index (χ1v) is 6.39. The van der Waals surface area contributed by atoms with Crippen molar-refractivity contribution in [1.82, 2.24) is 9.97 Å². The molecule has 2 aromatic rings. The second kappa shape index (κ2) is 8.39. The second-order valence-electron chi connectivity index (χ2n) is 3.00. The minimum atomic E-state index is -0.455. The third-order valence-electron chi connectivity index (χ3n) is 2.07. The lowest BCUT2D eigenvalue weighted by Crippen LogP contribution is -2.11. The fourth-order valence-electron chi connectivity index (χ4n) is 1.34. The molecule has 0 bridgehead atoms. The zero-order valence-corrected chi connectivity index (χ0v) is 11.7. The van der Waals surface area contributed by atoms with Crippen LogP contribution in [-0.2, 0) is 6.42 Å². The zero-order chi connectivity index (χ0) is 14.1. The van der Waals surface area contributed by atoms with E-state index in [0.29, 0.717) is 17.6 Å². The van der Waals surface area contributed by atoms with E-state index in [0.717, 1.165) is 0 Å². The molecule has 1 aromatic carbocycles. The maximum Gasteiger partial charge on any atom is 0.258 e. The smallest absolute Gasteiger partial charge is 0.258 e. The summed E-state index contributed by atoms with van der Waals surface area (Å²) in [6.07, 6.45) is 0.583. The largest absolute Gasteiger partial charge is 0.310 e.